The molecule has 1 aromatic heterocycles. The summed E-state index contributed by atoms with van der Waals surface area (Å²) in [5.41, 5.74) is 2.60. The zero-order valence-corrected chi connectivity index (χ0v) is 15.6. The van der Waals surface area contributed by atoms with Crippen LogP contribution in [0.25, 0.3) is 0 Å². The van der Waals surface area contributed by atoms with E-state index in [0.29, 0.717) is 25.6 Å². The molecule has 2 heterocycles. The van der Waals surface area contributed by atoms with Gasteiger partial charge in [-0.2, -0.15) is 0 Å². The number of hydrogen-bond donors (Lipinski definition) is 1. The SMILES string of the molecule is CC(C)c1ccc(CCNC(=O)N2CCN(c3cnccn3)CC2)cc1. The number of hydrogen-bond acceptors (Lipinski definition) is 4. The van der Waals surface area contributed by atoms with Gasteiger partial charge < -0.3 is 15.1 Å². The molecule has 26 heavy (non-hydrogen) atoms. The summed E-state index contributed by atoms with van der Waals surface area (Å²) in [5, 5.41) is 3.03. The molecule has 0 aliphatic carbocycles. The van der Waals surface area contributed by atoms with Crippen molar-refractivity contribution in [2.45, 2.75) is 26.2 Å². The van der Waals surface area contributed by atoms with E-state index in [-0.39, 0.29) is 6.03 Å². The van der Waals surface area contributed by atoms with Gasteiger partial charge in [-0.1, -0.05) is 38.1 Å². The molecule has 0 bridgehead atoms. The number of benzene rings is 1. The molecule has 1 saturated heterocycles. The highest BCUT2D eigenvalue weighted by Gasteiger charge is 2.21. The standard InChI is InChI=1S/C20H27N5O/c1-16(2)18-5-3-17(4-6-18)7-8-23-20(26)25-13-11-24(12-14-25)19-15-21-9-10-22-19/h3-6,9-10,15-16H,7-8,11-14H2,1-2H3,(H,23,26). The Labute approximate surface area is 155 Å². The summed E-state index contributed by atoms with van der Waals surface area (Å²) >= 11 is 0. The van der Waals surface area contributed by atoms with Crippen LogP contribution < -0.4 is 10.2 Å². The zero-order chi connectivity index (χ0) is 18.4. The van der Waals surface area contributed by atoms with E-state index in [2.05, 4.69) is 58.3 Å². The number of nitrogens with zero attached hydrogens (tertiary/aromatic N) is 4. The van der Waals surface area contributed by atoms with E-state index in [0.717, 1.165) is 25.3 Å². The van der Waals surface area contributed by atoms with Gasteiger partial charge in [0, 0.05) is 45.1 Å². The van der Waals surface area contributed by atoms with Gasteiger partial charge in [0.25, 0.3) is 0 Å². The minimum absolute atomic E-state index is 0.0163. The smallest absolute Gasteiger partial charge is 0.317 e. The molecule has 0 radical (unpaired) electrons. The summed E-state index contributed by atoms with van der Waals surface area (Å²) in [4.78, 5) is 24.8. The number of rotatable bonds is 5. The van der Waals surface area contributed by atoms with Crippen molar-refractivity contribution in [3.63, 3.8) is 0 Å². The molecular formula is C20H27N5O. The Morgan fingerprint density at radius 2 is 1.85 bits per heavy atom. The average Bonchev–Trinajstić information content (AvgIpc) is 2.69. The number of urea groups is 1. The lowest BCUT2D eigenvalue weighted by Crippen LogP contribution is -2.52. The monoisotopic (exact) mass is 353 g/mol. The lowest BCUT2D eigenvalue weighted by Gasteiger charge is -2.35. The third kappa shape index (κ3) is 4.71. The van der Waals surface area contributed by atoms with Crippen LogP contribution >= 0.6 is 0 Å². The van der Waals surface area contributed by atoms with Crippen molar-refractivity contribution in [2.75, 3.05) is 37.6 Å². The first kappa shape index (κ1) is 18.2. The van der Waals surface area contributed by atoms with Crippen LogP contribution in [0.5, 0.6) is 0 Å². The third-order valence-electron chi connectivity index (χ3n) is 4.78. The minimum Gasteiger partial charge on any atom is -0.352 e. The zero-order valence-electron chi connectivity index (χ0n) is 15.6. The van der Waals surface area contributed by atoms with Gasteiger partial charge in [-0.05, 0) is 23.5 Å². The number of amides is 2. The molecule has 3 rings (SSSR count). The van der Waals surface area contributed by atoms with Crippen LogP contribution in [0, 0.1) is 0 Å². The molecule has 1 aliphatic heterocycles. The topological polar surface area (TPSA) is 61.4 Å². The maximum absolute atomic E-state index is 12.3. The van der Waals surface area contributed by atoms with Crippen LogP contribution in [0.4, 0.5) is 10.6 Å². The highest BCUT2D eigenvalue weighted by atomic mass is 16.2. The number of nitrogens with one attached hydrogen (secondary N) is 1. The molecule has 0 saturated carbocycles. The van der Waals surface area contributed by atoms with E-state index in [4.69, 9.17) is 0 Å². The van der Waals surface area contributed by atoms with Gasteiger partial charge in [-0.3, -0.25) is 4.98 Å². The van der Waals surface area contributed by atoms with Crippen LogP contribution in [0.3, 0.4) is 0 Å². The van der Waals surface area contributed by atoms with Gasteiger partial charge in [-0.15, -0.1) is 0 Å². The Morgan fingerprint density at radius 3 is 2.46 bits per heavy atom. The maximum Gasteiger partial charge on any atom is 0.317 e. The fraction of sp³-hybridized carbons (Fsp3) is 0.450. The lowest BCUT2D eigenvalue weighted by atomic mass is 10.0. The fourth-order valence-corrected chi connectivity index (χ4v) is 3.09. The Hall–Kier alpha value is -2.63. The first-order valence-electron chi connectivity index (χ1n) is 9.26. The van der Waals surface area contributed by atoms with Gasteiger partial charge in [0.2, 0.25) is 0 Å². The van der Waals surface area contributed by atoms with Crippen molar-refractivity contribution < 1.29 is 4.79 Å². The number of carbonyl (C=O) groups is 1. The van der Waals surface area contributed by atoms with Gasteiger partial charge in [0.05, 0.1) is 6.20 Å². The van der Waals surface area contributed by atoms with Crippen molar-refractivity contribution in [1.82, 2.24) is 20.2 Å². The van der Waals surface area contributed by atoms with E-state index in [9.17, 15) is 4.79 Å². The predicted octanol–water partition coefficient (Wildman–Crippen LogP) is 2.67. The molecule has 1 aromatic carbocycles. The molecule has 6 nitrogen and oxygen atoms in total. The first-order valence-corrected chi connectivity index (χ1v) is 9.26. The summed E-state index contributed by atoms with van der Waals surface area (Å²) in [5.74, 6) is 1.42. The van der Waals surface area contributed by atoms with Gasteiger partial charge in [0.1, 0.15) is 5.82 Å². The Bertz CT molecular complexity index is 694. The van der Waals surface area contributed by atoms with Crippen LogP contribution in [0.1, 0.15) is 30.9 Å². The van der Waals surface area contributed by atoms with E-state index < -0.39 is 0 Å². The summed E-state index contributed by atoms with van der Waals surface area (Å²) in [6, 6.07) is 8.67. The Kier molecular flexibility index (Phi) is 6.04. The molecule has 0 spiro atoms. The molecule has 0 atom stereocenters. The highest BCUT2D eigenvalue weighted by molar-refractivity contribution is 5.74. The molecule has 2 amide bonds. The number of aromatic nitrogens is 2. The largest absolute Gasteiger partial charge is 0.352 e. The molecule has 1 fully saturated rings. The summed E-state index contributed by atoms with van der Waals surface area (Å²) in [6.45, 7) is 8.01. The Balaban J connectivity index is 1.40. The molecule has 2 aromatic rings. The second-order valence-electron chi connectivity index (χ2n) is 6.92. The average molecular weight is 353 g/mol. The highest BCUT2D eigenvalue weighted by Crippen LogP contribution is 2.15. The van der Waals surface area contributed by atoms with E-state index in [1.165, 1.54) is 11.1 Å². The second-order valence-corrected chi connectivity index (χ2v) is 6.92. The van der Waals surface area contributed by atoms with E-state index in [1.54, 1.807) is 18.6 Å². The maximum atomic E-state index is 12.3. The molecular weight excluding hydrogens is 326 g/mol. The van der Waals surface area contributed by atoms with Gasteiger partial charge in [0.15, 0.2) is 0 Å². The minimum atomic E-state index is 0.0163. The summed E-state index contributed by atoms with van der Waals surface area (Å²) in [6.07, 6.45) is 5.98. The first-order chi connectivity index (χ1) is 12.6. The van der Waals surface area contributed by atoms with Crippen LogP contribution in [0.2, 0.25) is 0 Å². The third-order valence-corrected chi connectivity index (χ3v) is 4.78. The van der Waals surface area contributed by atoms with Crippen molar-refractivity contribution in [1.29, 1.82) is 0 Å². The Morgan fingerprint density at radius 1 is 1.12 bits per heavy atom. The summed E-state index contributed by atoms with van der Waals surface area (Å²) in [7, 11) is 0. The summed E-state index contributed by atoms with van der Waals surface area (Å²) < 4.78 is 0. The van der Waals surface area contributed by atoms with Gasteiger partial charge >= 0.3 is 6.03 Å². The number of carbonyl (C=O) groups excluding carboxylic acids is 1. The molecule has 6 heteroatoms. The van der Waals surface area contributed by atoms with Crippen molar-refractivity contribution >= 4 is 11.8 Å². The number of piperazine rings is 1. The number of anilines is 1. The predicted molar refractivity (Wildman–Crippen MR) is 103 cm³/mol. The van der Waals surface area contributed by atoms with Crippen LogP contribution in [-0.2, 0) is 6.42 Å². The molecule has 1 N–H and O–H groups in total. The van der Waals surface area contributed by atoms with E-state index >= 15 is 0 Å². The van der Waals surface area contributed by atoms with Crippen LogP contribution in [-0.4, -0.2) is 53.6 Å². The quantitative estimate of drug-likeness (QED) is 0.898. The molecule has 0 unspecified atom stereocenters. The van der Waals surface area contributed by atoms with Crippen molar-refractivity contribution in [2.24, 2.45) is 0 Å². The lowest BCUT2D eigenvalue weighted by molar-refractivity contribution is 0.194. The van der Waals surface area contributed by atoms with Gasteiger partial charge in [-0.25, -0.2) is 9.78 Å². The van der Waals surface area contributed by atoms with E-state index in [1.807, 2.05) is 4.90 Å². The normalized spacial score (nSPS) is 14.6. The van der Waals surface area contributed by atoms with Crippen LogP contribution in [0.15, 0.2) is 42.9 Å². The van der Waals surface area contributed by atoms with Crippen molar-refractivity contribution in [3.05, 3.63) is 54.0 Å². The molecule has 138 valence electrons. The second kappa shape index (κ2) is 8.65. The van der Waals surface area contributed by atoms with Crippen molar-refractivity contribution in [3.8, 4) is 0 Å². The fourth-order valence-electron chi connectivity index (χ4n) is 3.09. The molecule has 1 aliphatic rings.